The first-order valence-electron chi connectivity index (χ1n) is 6.97. The maximum atomic E-state index is 12.4. The number of hydrogen-bond donors (Lipinski definition) is 0. The van der Waals surface area contributed by atoms with Gasteiger partial charge >= 0.3 is 4.87 Å². The van der Waals surface area contributed by atoms with Gasteiger partial charge in [0, 0.05) is 23.5 Å². The van der Waals surface area contributed by atoms with Gasteiger partial charge in [0.2, 0.25) is 5.91 Å². The summed E-state index contributed by atoms with van der Waals surface area (Å²) in [6, 6.07) is 0.210. The summed E-state index contributed by atoms with van der Waals surface area (Å²) in [5.41, 5.74) is 0.968. The van der Waals surface area contributed by atoms with Crippen LogP contribution in [0.3, 0.4) is 0 Å². The molecule has 1 fully saturated rings. The van der Waals surface area contributed by atoms with Crippen molar-refractivity contribution in [3.8, 4) is 0 Å². The topological polar surface area (TPSA) is 51.5 Å². The Morgan fingerprint density at radius 3 is 2.40 bits per heavy atom. The van der Waals surface area contributed by atoms with Crippen molar-refractivity contribution in [2.24, 2.45) is 0 Å². The molecule has 2 heterocycles. The van der Waals surface area contributed by atoms with Crippen LogP contribution in [-0.2, 0) is 16.1 Å². The third-order valence-electron chi connectivity index (χ3n) is 3.88. The molecule has 2 rings (SSSR count). The van der Waals surface area contributed by atoms with Gasteiger partial charge in [0.1, 0.15) is 0 Å². The summed E-state index contributed by atoms with van der Waals surface area (Å²) < 4.78 is 7.13. The Balaban J connectivity index is 2.03. The van der Waals surface area contributed by atoms with Crippen molar-refractivity contribution in [3.63, 3.8) is 0 Å². The zero-order valence-corrected chi connectivity index (χ0v) is 13.3. The lowest BCUT2D eigenvalue weighted by atomic mass is 10.1. The van der Waals surface area contributed by atoms with Gasteiger partial charge in [0.05, 0.1) is 25.3 Å². The number of carbonyl (C=O) groups is 1. The number of rotatable bonds is 3. The minimum absolute atomic E-state index is 0.0240. The molecule has 2 unspecified atom stereocenters. The number of amides is 1. The van der Waals surface area contributed by atoms with Crippen LogP contribution in [0.25, 0.3) is 0 Å². The summed E-state index contributed by atoms with van der Waals surface area (Å²) in [7, 11) is 0. The molecule has 0 aromatic carbocycles. The van der Waals surface area contributed by atoms with Gasteiger partial charge in [-0.1, -0.05) is 11.3 Å². The Labute approximate surface area is 123 Å². The Bertz CT molecular complexity index is 539. The van der Waals surface area contributed by atoms with E-state index in [1.165, 1.54) is 11.3 Å². The fraction of sp³-hybridized carbons (Fsp3) is 0.714. The van der Waals surface area contributed by atoms with E-state index in [4.69, 9.17) is 4.74 Å². The van der Waals surface area contributed by atoms with Crippen LogP contribution in [0.15, 0.2) is 4.79 Å². The molecule has 20 heavy (non-hydrogen) atoms. The van der Waals surface area contributed by atoms with Gasteiger partial charge in [-0.3, -0.25) is 9.59 Å². The quantitative estimate of drug-likeness (QED) is 0.851. The molecule has 0 N–H and O–H groups in total. The second-order valence-electron chi connectivity index (χ2n) is 5.45. The average Bonchev–Trinajstić information content (AvgIpc) is 2.61. The van der Waals surface area contributed by atoms with Crippen molar-refractivity contribution in [2.75, 3.05) is 13.2 Å². The number of nitrogens with zero attached hydrogens (tertiary/aromatic N) is 2. The van der Waals surface area contributed by atoms with Crippen molar-refractivity contribution in [3.05, 3.63) is 20.2 Å². The molecule has 0 saturated carbocycles. The van der Waals surface area contributed by atoms with Crippen LogP contribution in [0.1, 0.15) is 30.8 Å². The monoisotopic (exact) mass is 298 g/mol. The fourth-order valence-electron chi connectivity index (χ4n) is 2.68. The first kappa shape index (κ1) is 15.3. The first-order valence-corrected chi connectivity index (χ1v) is 7.79. The number of aryl methyl sites for hydroxylation is 1. The predicted octanol–water partition coefficient (Wildman–Crippen LogP) is 1.55. The highest BCUT2D eigenvalue weighted by molar-refractivity contribution is 7.09. The highest BCUT2D eigenvalue weighted by Gasteiger charge is 2.29. The molecular weight excluding hydrogens is 276 g/mol. The predicted molar refractivity (Wildman–Crippen MR) is 79.3 cm³/mol. The number of thiazole rings is 1. The third-order valence-corrected chi connectivity index (χ3v) is 4.88. The first-order chi connectivity index (χ1) is 9.41. The molecule has 0 aliphatic carbocycles. The molecule has 1 aliphatic heterocycles. The maximum absolute atomic E-state index is 12.4. The molecule has 1 aromatic rings. The number of aromatic nitrogens is 1. The highest BCUT2D eigenvalue weighted by Crippen LogP contribution is 2.16. The van der Waals surface area contributed by atoms with Gasteiger partial charge in [0.25, 0.3) is 0 Å². The van der Waals surface area contributed by atoms with Crippen molar-refractivity contribution < 1.29 is 9.53 Å². The van der Waals surface area contributed by atoms with Crippen LogP contribution < -0.4 is 4.87 Å². The lowest BCUT2D eigenvalue weighted by Gasteiger charge is -2.38. The second-order valence-corrected chi connectivity index (χ2v) is 6.61. The molecule has 1 aliphatic rings. The highest BCUT2D eigenvalue weighted by atomic mass is 32.1. The minimum Gasteiger partial charge on any atom is -0.377 e. The van der Waals surface area contributed by atoms with Crippen molar-refractivity contribution >= 4 is 17.2 Å². The number of carbonyl (C=O) groups excluding carboxylic acids is 1. The average molecular weight is 298 g/mol. The van der Waals surface area contributed by atoms with E-state index in [1.807, 2.05) is 32.6 Å². The van der Waals surface area contributed by atoms with Crippen LogP contribution >= 0.6 is 11.3 Å². The van der Waals surface area contributed by atoms with E-state index in [1.54, 1.807) is 4.57 Å². The number of morpholine rings is 1. The smallest absolute Gasteiger partial charge is 0.307 e. The molecule has 1 amide bonds. The van der Waals surface area contributed by atoms with E-state index in [0.717, 1.165) is 10.6 Å². The molecule has 5 nitrogen and oxygen atoms in total. The van der Waals surface area contributed by atoms with Gasteiger partial charge in [-0.15, -0.1) is 0 Å². The van der Waals surface area contributed by atoms with E-state index >= 15 is 0 Å². The minimum atomic E-state index is 0.0240. The van der Waals surface area contributed by atoms with E-state index in [-0.39, 0.29) is 22.9 Å². The van der Waals surface area contributed by atoms with E-state index < -0.39 is 0 Å². The standard InChI is InChI=1S/C14H22N2O3S/c1-9-7-19-8-10(2)16(9)13(17)5-6-15-11(3)12(4)20-14(15)18/h9-10H,5-8H2,1-4H3. The Kier molecular flexibility index (Phi) is 4.65. The zero-order valence-electron chi connectivity index (χ0n) is 12.5. The summed E-state index contributed by atoms with van der Waals surface area (Å²) in [6.07, 6.45) is 0.367. The van der Waals surface area contributed by atoms with E-state index in [2.05, 4.69) is 0 Å². The summed E-state index contributed by atoms with van der Waals surface area (Å²) in [6.45, 7) is 9.51. The summed E-state index contributed by atoms with van der Waals surface area (Å²) >= 11 is 1.25. The number of ether oxygens (including phenoxy) is 1. The molecule has 0 bridgehead atoms. The van der Waals surface area contributed by atoms with Crippen molar-refractivity contribution in [1.82, 2.24) is 9.47 Å². The molecular formula is C14H22N2O3S. The van der Waals surface area contributed by atoms with Gasteiger partial charge in [-0.05, 0) is 27.7 Å². The summed E-state index contributed by atoms with van der Waals surface area (Å²) in [5.74, 6) is 0.100. The van der Waals surface area contributed by atoms with Gasteiger partial charge < -0.3 is 14.2 Å². The van der Waals surface area contributed by atoms with E-state index in [0.29, 0.717) is 26.2 Å². The lowest BCUT2D eigenvalue weighted by molar-refractivity contribution is -0.144. The van der Waals surface area contributed by atoms with Gasteiger partial charge in [0.15, 0.2) is 0 Å². The Morgan fingerprint density at radius 1 is 1.30 bits per heavy atom. The normalized spacial score (nSPS) is 23.1. The van der Waals surface area contributed by atoms with Crippen LogP contribution in [-0.4, -0.2) is 40.7 Å². The maximum Gasteiger partial charge on any atom is 0.307 e. The largest absolute Gasteiger partial charge is 0.377 e. The SMILES string of the molecule is Cc1sc(=O)n(CCC(=O)N2C(C)COCC2C)c1C. The Hall–Kier alpha value is -1.14. The molecule has 6 heteroatoms. The Morgan fingerprint density at radius 2 is 1.90 bits per heavy atom. The van der Waals surface area contributed by atoms with E-state index in [9.17, 15) is 9.59 Å². The van der Waals surface area contributed by atoms with Crippen molar-refractivity contribution in [1.29, 1.82) is 0 Å². The molecule has 1 saturated heterocycles. The molecule has 1 aromatic heterocycles. The molecule has 2 atom stereocenters. The van der Waals surface area contributed by atoms with Crippen LogP contribution in [0, 0.1) is 13.8 Å². The van der Waals surface area contributed by atoms with Crippen LogP contribution in [0.2, 0.25) is 0 Å². The van der Waals surface area contributed by atoms with Gasteiger partial charge in [-0.25, -0.2) is 0 Å². The fourth-order valence-corrected chi connectivity index (χ4v) is 3.54. The zero-order chi connectivity index (χ0) is 14.9. The summed E-state index contributed by atoms with van der Waals surface area (Å²) in [5, 5.41) is 0. The molecule has 0 radical (unpaired) electrons. The third kappa shape index (κ3) is 2.96. The number of hydrogen-bond acceptors (Lipinski definition) is 4. The van der Waals surface area contributed by atoms with Crippen molar-refractivity contribution in [2.45, 2.75) is 52.7 Å². The van der Waals surface area contributed by atoms with Crippen LogP contribution in [0.4, 0.5) is 0 Å². The summed E-state index contributed by atoms with van der Waals surface area (Å²) in [4.78, 5) is 27.1. The second kappa shape index (κ2) is 6.10. The molecule has 112 valence electrons. The van der Waals surface area contributed by atoms with Crippen LogP contribution in [0.5, 0.6) is 0 Å². The van der Waals surface area contributed by atoms with Gasteiger partial charge in [-0.2, -0.15) is 0 Å². The molecule has 0 spiro atoms. The lowest BCUT2D eigenvalue weighted by Crippen LogP contribution is -2.52.